The first-order valence-corrected chi connectivity index (χ1v) is 11.1. The van der Waals surface area contributed by atoms with E-state index in [4.69, 9.17) is 11.6 Å². The summed E-state index contributed by atoms with van der Waals surface area (Å²) in [6.45, 7) is 5.96. The van der Waals surface area contributed by atoms with E-state index >= 15 is 0 Å². The van der Waals surface area contributed by atoms with Crippen molar-refractivity contribution in [1.29, 1.82) is 0 Å². The average molecular weight is 469 g/mol. The molecule has 172 valence electrons. The maximum absolute atomic E-state index is 14.4. The SMILES string of the molecule is CC(=O)CCCNC(=O)c1cnccc1Nc1cc(-c2cc(Cl)ccc2F)ncc1C(C)C. The van der Waals surface area contributed by atoms with Gasteiger partial charge in [0.05, 0.1) is 16.9 Å². The summed E-state index contributed by atoms with van der Waals surface area (Å²) in [7, 11) is 0. The number of anilines is 2. The number of ketones is 1. The van der Waals surface area contributed by atoms with Gasteiger partial charge in [-0.1, -0.05) is 25.4 Å². The van der Waals surface area contributed by atoms with E-state index < -0.39 is 5.82 Å². The van der Waals surface area contributed by atoms with Crippen LogP contribution in [0.15, 0.2) is 48.9 Å². The van der Waals surface area contributed by atoms with Crippen molar-refractivity contribution < 1.29 is 14.0 Å². The molecule has 1 aromatic carbocycles. The number of rotatable bonds is 9. The molecule has 8 heteroatoms. The fourth-order valence-electron chi connectivity index (χ4n) is 3.34. The van der Waals surface area contributed by atoms with Crippen molar-refractivity contribution in [3.05, 3.63) is 70.9 Å². The molecule has 0 saturated heterocycles. The van der Waals surface area contributed by atoms with E-state index in [1.54, 1.807) is 24.5 Å². The minimum Gasteiger partial charge on any atom is -0.354 e. The first-order valence-electron chi connectivity index (χ1n) is 10.7. The predicted molar refractivity (Wildman–Crippen MR) is 128 cm³/mol. The number of carbonyl (C=O) groups is 2. The number of carbonyl (C=O) groups excluding carboxylic acids is 2. The van der Waals surface area contributed by atoms with E-state index in [1.807, 2.05) is 13.8 Å². The van der Waals surface area contributed by atoms with Crippen molar-refractivity contribution in [3.8, 4) is 11.3 Å². The van der Waals surface area contributed by atoms with E-state index in [9.17, 15) is 14.0 Å². The number of amides is 1. The summed E-state index contributed by atoms with van der Waals surface area (Å²) in [6.07, 6.45) is 5.75. The largest absolute Gasteiger partial charge is 0.354 e. The Balaban J connectivity index is 1.92. The molecular formula is C25H26ClFN4O2. The van der Waals surface area contributed by atoms with Crippen molar-refractivity contribution in [2.75, 3.05) is 11.9 Å². The highest BCUT2D eigenvalue weighted by Gasteiger charge is 2.16. The van der Waals surface area contributed by atoms with Crippen molar-refractivity contribution >= 4 is 34.7 Å². The molecule has 0 bridgehead atoms. The maximum Gasteiger partial charge on any atom is 0.254 e. The molecule has 0 fully saturated rings. The molecule has 0 unspecified atom stereocenters. The molecule has 2 aromatic heterocycles. The predicted octanol–water partition coefficient (Wildman–Crippen LogP) is 5.90. The molecule has 2 N–H and O–H groups in total. The molecule has 33 heavy (non-hydrogen) atoms. The topological polar surface area (TPSA) is 84.0 Å². The van der Waals surface area contributed by atoms with Crippen molar-refractivity contribution in [2.24, 2.45) is 0 Å². The molecule has 0 radical (unpaired) electrons. The molecule has 1 amide bonds. The van der Waals surface area contributed by atoms with Crippen LogP contribution in [0.2, 0.25) is 5.02 Å². The zero-order chi connectivity index (χ0) is 24.0. The third kappa shape index (κ3) is 6.35. The van der Waals surface area contributed by atoms with Crippen LogP contribution >= 0.6 is 11.6 Å². The molecule has 3 aromatic rings. The van der Waals surface area contributed by atoms with Crippen LogP contribution in [-0.2, 0) is 4.79 Å². The summed E-state index contributed by atoms with van der Waals surface area (Å²) in [4.78, 5) is 32.4. The van der Waals surface area contributed by atoms with Gasteiger partial charge >= 0.3 is 0 Å². The Bertz CT molecular complexity index is 1170. The van der Waals surface area contributed by atoms with Gasteiger partial charge in [-0.3, -0.25) is 14.8 Å². The Hall–Kier alpha value is -3.32. The number of nitrogens with zero attached hydrogens (tertiary/aromatic N) is 2. The van der Waals surface area contributed by atoms with E-state index in [2.05, 4.69) is 20.6 Å². The summed E-state index contributed by atoms with van der Waals surface area (Å²) in [5, 5.41) is 6.54. The summed E-state index contributed by atoms with van der Waals surface area (Å²) in [6, 6.07) is 7.78. The fourth-order valence-corrected chi connectivity index (χ4v) is 3.51. The lowest BCUT2D eigenvalue weighted by atomic mass is 10.0. The molecule has 0 aliphatic rings. The second-order valence-electron chi connectivity index (χ2n) is 8.04. The normalized spacial score (nSPS) is 10.8. The van der Waals surface area contributed by atoms with Crippen LogP contribution in [0.1, 0.15) is 55.5 Å². The number of nitrogens with one attached hydrogen (secondary N) is 2. The van der Waals surface area contributed by atoms with Crippen molar-refractivity contribution in [1.82, 2.24) is 15.3 Å². The van der Waals surface area contributed by atoms with E-state index in [-0.39, 0.29) is 17.6 Å². The standard InChI is InChI=1S/C25H26ClFN4O2/c1-15(2)19-14-30-23(18-11-17(26)6-7-21(18)27)12-24(19)31-22-8-10-28-13-20(22)25(33)29-9-4-5-16(3)32/h6-8,10-15H,4-5,9H2,1-3H3,(H,29,33)(H,28,30,31). The van der Waals surface area contributed by atoms with Gasteiger partial charge in [-0.2, -0.15) is 0 Å². The van der Waals surface area contributed by atoms with Crippen molar-refractivity contribution in [3.63, 3.8) is 0 Å². The number of halogens is 2. The lowest BCUT2D eigenvalue weighted by molar-refractivity contribution is -0.117. The smallest absolute Gasteiger partial charge is 0.254 e. The molecule has 0 atom stereocenters. The summed E-state index contributed by atoms with van der Waals surface area (Å²) in [5.41, 5.74) is 3.24. The van der Waals surface area contributed by atoms with E-state index in [0.29, 0.717) is 52.6 Å². The van der Waals surface area contributed by atoms with E-state index in [1.165, 1.54) is 31.3 Å². The first-order chi connectivity index (χ1) is 15.8. The van der Waals surface area contributed by atoms with Gasteiger partial charge < -0.3 is 15.4 Å². The molecule has 0 spiro atoms. The van der Waals surface area contributed by atoms with Gasteiger partial charge in [-0.25, -0.2) is 4.39 Å². The van der Waals surface area contributed by atoms with Gasteiger partial charge in [0.2, 0.25) is 0 Å². The third-order valence-electron chi connectivity index (χ3n) is 5.09. The molecular weight excluding hydrogens is 443 g/mol. The van der Waals surface area contributed by atoms with Gasteiger partial charge in [-0.05, 0) is 55.2 Å². The highest BCUT2D eigenvalue weighted by Crippen LogP contribution is 2.33. The Morgan fingerprint density at radius 2 is 1.91 bits per heavy atom. The van der Waals surface area contributed by atoms with Crippen LogP contribution < -0.4 is 10.6 Å². The van der Waals surface area contributed by atoms with Gasteiger partial charge in [0, 0.05) is 47.8 Å². The minimum atomic E-state index is -0.426. The summed E-state index contributed by atoms with van der Waals surface area (Å²) >= 11 is 6.06. The van der Waals surface area contributed by atoms with Crippen molar-refractivity contribution in [2.45, 2.75) is 39.5 Å². The number of benzene rings is 1. The van der Waals surface area contributed by atoms with Crippen LogP contribution in [0.25, 0.3) is 11.3 Å². The van der Waals surface area contributed by atoms with Crippen LogP contribution in [0.4, 0.5) is 15.8 Å². The average Bonchev–Trinajstić information content (AvgIpc) is 2.78. The number of Topliss-reactive ketones (excluding diaryl/α,β-unsaturated/α-hetero) is 1. The quantitative estimate of drug-likeness (QED) is 0.382. The maximum atomic E-state index is 14.4. The second kappa shape index (κ2) is 11.0. The van der Waals surface area contributed by atoms with Gasteiger partial charge in [0.15, 0.2) is 0 Å². The third-order valence-corrected chi connectivity index (χ3v) is 5.32. The van der Waals surface area contributed by atoms with Crippen LogP contribution in [0.5, 0.6) is 0 Å². The van der Waals surface area contributed by atoms with Crippen LogP contribution in [-0.4, -0.2) is 28.2 Å². The second-order valence-corrected chi connectivity index (χ2v) is 8.48. The lowest BCUT2D eigenvalue weighted by Crippen LogP contribution is -2.25. The lowest BCUT2D eigenvalue weighted by Gasteiger charge is -2.18. The van der Waals surface area contributed by atoms with Crippen LogP contribution in [0.3, 0.4) is 0 Å². The molecule has 3 rings (SSSR count). The Kier molecular flexibility index (Phi) is 8.11. The monoisotopic (exact) mass is 468 g/mol. The molecule has 6 nitrogen and oxygen atoms in total. The molecule has 0 saturated carbocycles. The highest BCUT2D eigenvalue weighted by molar-refractivity contribution is 6.30. The van der Waals surface area contributed by atoms with Gasteiger partial charge in [0.1, 0.15) is 11.6 Å². The molecule has 2 heterocycles. The number of pyridine rings is 2. The fraction of sp³-hybridized carbons (Fsp3) is 0.280. The zero-order valence-electron chi connectivity index (χ0n) is 18.8. The molecule has 0 aliphatic heterocycles. The number of aromatic nitrogens is 2. The minimum absolute atomic E-state index is 0.0822. The zero-order valence-corrected chi connectivity index (χ0v) is 19.5. The highest BCUT2D eigenvalue weighted by atomic mass is 35.5. The summed E-state index contributed by atoms with van der Waals surface area (Å²) < 4.78 is 14.4. The van der Waals surface area contributed by atoms with Crippen LogP contribution in [0, 0.1) is 5.82 Å². The van der Waals surface area contributed by atoms with Gasteiger partial charge in [-0.15, -0.1) is 0 Å². The molecule has 0 aliphatic carbocycles. The number of hydrogen-bond donors (Lipinski definition) is 2. The summed E-state index contributed by atoms with van der Waals surface area (Å²) in [5.74, 6) is -0.511. The Morgan fingerprint density at radius 3 is 2.64 bits per heavy atom. The number of hydrogen-bond acceptors (Lipinski definition) is 5. The van der Waals surface area contributed by atoms with E-state index in [0.717, 1.165) is 5.56 Å². The van der Waals surface area contributed by atoms with Gasteiger partial charge in [0.25, 0.3) is 5.91 Å². The Labute approximate surface area is 197 Å². The Morgan fingerprint density at radius 1 is 1.12 bits per heavy atom. The first kappa shape index (κ1) is 24.3.